The molecule has 3 rings (SSSR count). The van der Waals surface area contributed by atoms with Gasteiger partial charge in [-0.05, 0) is 44.9 Å². The molecule has 1 aromatic rings. The van der Waals surface area contributed by atoms with Crippen LogP contribution in [-0.4, -0.2) is 33.4 Å². The lowest BCUT2D eigenvalue weighted by Crippen LogP contribution is -2.41. The molecule has 1 aliphatic heterocycles. The first kappa shape index (κ1) is 17.0. The molecule has 1 atom stereocenters. The predicted molar refractivity (Wildman–Crippen MR) is 92.1 cm³/mol. The molecule has 2 aliphatic rings. The molecule has 1 saturated carbocycles. The van der Waals surface area contributed by atoms with Crippen LogP contribution in [0.25, 0.3) is 0 Å². The highest BCUT2D eigenvalue weighted by Crippen LogP contribution is 2.34. The molecule has 6 heteroatoms. The van der Waals surface area contributed by atoms with Gasteiger partial charge in [0.25, 0.3) is 5.56 Å². The largest absolute Gasteiger partial charge is 0.339 e. The average Bonchev–Trinajstić information content (AvgIpc) is 3.04. The number of H-pyrrole nitrogens is 2. The second kappa shape index (κ2) is 7.36. The number of aryl methyl sites for hydroxylation is 1. The van der Waals surface area contributed by atoms with Crippen molar-refractivity contribution in [2.24, 2.45) is 5.92 Å². The maximum atomic E-state index is 12.7. The third-order valence-electron chi connectivity index (χ3n) is 5.66. The third-order valence-corrected chi connectivity index (χ3v) is 5.66. The number of aromatic nitrogens is 2. The lowest BCUT2D eigenvalue weighted by Gasteiger charge is -2.34. The quantitative estimate of drug-likeness (QED) is 0.882. The van der Waals surface area contributed by atoms with Gasteiger partial charge in [-0.15, -0.1) is 0 Å². The summed E-state index contributed by atoms with van der Waals surface area (Å²) in [5.74, 6) is 0.802. The number of nitrogens with zero attached hydrogens (tertiary/aromatic N) is 1. The van der Waals surface area contributed by atoms with Crippen LogP contribution in [0.15, 0.2) is 9.59 Å². The molecule has 6 nitrogen and oxygen atoms in total. The Morgan fingerprint density at radius 2 is 1.83 bits per heavy atom. The Labute approximate surface area is 141 Å². The molecule has 2 fully saturated rings. The van der Waals surface area contributed by atoms with E-state index in [1.165, 1.54) is 32.1 Å². The van der Waals surface area contributed by atoms with Crippen molar-refractivity contribution in [3.05, 3.63) is 32.1 Å². The van der Waals surface area contributed by atoms with Gasteiger partial charge in [0.05, 0.1) is 0 Å². The van der Waals surface area contributed by atoms with E-state index >= 15 is 0 Å². The number of amides is 1. The van der Waals surface area contributed by atoms with E-state index in [9.17, 15) is 14.4 Å². The van der Waals surface area contributed by atoms with Crippen molar-refractivity contribution in [2.75, 3.05) is 6.54 Å². The normalized spacial score (nSPS) is 22.0. The summed E-state index contributed by atoms with van der Waals surface area (Å²) in [6.45, 7) is 2.55. The minimum Gasteiger partial charge on any atom is -0.339 e. The van der Waals surface area contributed by atoms with Crippen molar-refractivity contribution in [1.82, 2.24) is 14.9 Å². The SMILES string of the molecule is Cc1[nH]c(=O)[nH]c(=O)c1CCC(=O)N1CCCC1C1CCCCC1. The molecule has 24 heavy (non-hydrogen) atoms. The van der Waals surface area contributed by atoms with Crippen molar-refractivity contribution in [3.8, 4) is 0 Å². The molecule has 1 amide bonds. The Morgan fingerprint density at radius 1 is 1.08 bits per heavy atom. The summed E-state index contributed by atoms with van der Waals surface area (Å²) in [6, 6.07) is 0.396. The van der Waals surface area contributed by atoms with E-state index in [2.05, 4.69) is 14.9 Å². The molecular weight excluding hydrogens is 306 g/mol. The summed E-state index contributed by atoms with van der Waals surface area (Å²) in [4.78, 5) is 42.8. The summed E-state index contributed by atoms with van der Waals surface area (Å²) in [5.41, 5.74) is 0.192. The van der Waals surface area contributed by atoms with Gasteiger partial charge in [0.15, 0.2) is 0 Å². The lowest BCUT2D eigenvalue weighted by atomic mass is 9.83. The smallest absolute Gasteiger partial charge is 0.325 e. The molecule has 2 heterocycles. The zero-order chi connectivity index (χ0) is 17.1. The number of carbonyl (C=O) groups excluding carboxylic acids is 1. The molecule has 0 radical (unpaired) electrons. The Balaban J connectivity index is 1.64. The Hall–Kier alpha value is -1.85. The molecule has 1 aromatic heterocycles. The highest BCUT2D eigenvalue weighted by molar-refractivity contribution is 5.77. The second-order valence-electron chi connectivity index (χ2n) is 7.21. The highest BCUT2D eigenvalue weighted by Gasteiger charge is 2.34. The van der Waals surface area contributed by atoms with Crippen LogP contribution in [0, 0.1) is 12.8 Å². The molecule has 1 aliphatic carbocycles. The number of carbonyl (C=O) groups is 1. The molecule has 0 spiro atoms. The first-order chi connectivity index (χ1) is 11.6. The number of hydrogen-bond donors (Lipinski definition) is 2. The minimum absolute atomic E-state index is 0.146. The summed E-state index contributed by atoms with van der Waals surface area (Å²) in [7, 11) is 0. The Morgan fingerprint density at radius 3 is 2.54 bits per heavy atom. The molecule has 0 bridgehead atoms. The fourth-order valence-corrected chi connectivity index (χ4v) is 4.41. The van der Waals surface area contributed by atoms with Crippen molar-refractivity contribution in [3.63, 3.8) is 0 Å². The van der Waals surface area contributed by atoms with Crippen LogP contribution < -0.4 is 11.2 Å². The third kappa shape index (κ3) is 3.62. The van der Waals surface area contributed by atoms with Gasteiger partial charge < -0.3 is 9.88 Å². The Bertz CT molecular complexity index is 700. The lowest BCUT2D eigenvalue weighted by molar-refractivity contribution is -0.133. The maximum absolute atomic E-state index is 12.7. The van der Waals surface area contributed by atoms with E-state index < -0.39 is 5.69 Å². The fraction of sp³-hybridized carbons (Fsp3) is 0.722. The van der Waals surface area contributed by atoms with E-state index in [0.29, 0.717) is 36.1 Å². The summed E-state index contributed by atoms with van der Waals surface area (Å²) < 4.78 is 0. The van der Waals surface area contributed by atoms with Gasteiger partial charge in [0, 0.05) is 30.3 Å². The summed E-state index contributed by atoms with van der Waals surface area (Å²) >= 11 is 0. The van der Waals surface area contributed by atoms with Gasteiger partial charge in [-0.1, -0.05) is 19.3 Å². The summed E-state index contributed by atoms with van der Waals surface area (Å²) in [6.07, 6.45) is 9.31. The van der Waals surface area contributed by atoms with E-state index in [4.69, 9.17) is 0 Å². The average molecular weight is 333 g/mol. The van der Waals surface area contributed by atoms with Crippen LogP contribution in [0.1, 0.15) is 62.6 Å². The van der Waals surface area contributed by atoms with E-state index in [0.717, 1.165) is 19.4 Å². The van der Waals surface area contributed by atoms with Crippen molar-refractivity contribution in [2.45, 2.75) is 70.8 Å². The van der Waals surface area contributed by atoms with Crippen LogP contribution in [-0.2, 0) is 11.2 Å². The van der Waals surface area contributed by atoms with Crippen LogP contribution in [0.3, 0.4) is 0 Å². The zero-order valence-electron chi connectivity index (χ0n) is 14.4. The number of likely N-dealkylation sites (tertiary alicyclic amines) is 1. The topological polar surface area (TPSA) is 86.0 Å². The van der Waals surface area contributed by atoms with Gasteiger partial charge >= 0.3 is 5.69 Å². The molecule has 132 valence electrons. The second-order valence-corrected chi connectivity index (χ2v) is 7.21. The van der Waals surface area contributed by atoms with Crippen molar-refractivity contribution >= 4 is 5.91 Å². The first-order valence-electron chi connectivity index (χ1n) is 9.18. The molecular formula is C18H27N3O3. The predicted octanol–water partition coefficient (Wildman–Crippen LogP) is 1.88. The van der Waals surface area contributed by atoms with E-state index in [-0.39, 0.29) is 11.5 Å². The van der Waals surface area contributed by atoms with E-state index in [1.54, 1.807) is 6.92 Å². The Kier molecular flexibility index (Phi) is 5.21. The zero-order valence-corrected chi connectivity index (χ0v) is 14.4. The van der Waals surface area contributed by atoms with Crippen molar-refractivity contribution in [1.29, 1.82) is 0 Å². The summed E-state index contributed by atoms with van der Waals surface area (Å²) in [5, 5.41) is 0. The van der Waals surface area contributed by atoms with Crippen LogP contribution in [0.5, 0.6) is 0 Å². The monoisotopic (exact) mass is 333 g/mol. The maximum Gasteiger partial charge on any atom is 0.325 e. The molecule has 2 N–H and O–H groups in total. The van der Waals surface area contributed by atoms with Gasteiger partial charge in [0.2, 0.25) is 5.91 Å². The standard InChI is InChI=1S/C18H27N3O3/c1-12-14(17(23)20-18(24)19-12)9-10-16(22)21-11-5-8-15(21)13-6-3-2-4-7-13/h13,15H,2-11H2,1H3,(H2,19,20,23,24). The molecule has 1 saturated heterocycles. The molecule has 0 aromatic carbocycles. The van der Waals surface area contributed by atoms with Crippen LogP contribution in [0.4, 0.5) is 0 Å². The number of aromatic amines is 2. The van der Waals surface area contributed by atoms with Crippen molar-refractivity contribution < 1.29 is 4.79 Å². The van der Waals surface area contributed by atoms with E-state index in [1.807, 2.05) is 0 Å². The minimum atomic E-state index is -0.496. The first-order valence-corrected chi connectivity index (χ1v) is 9.18. The number of nitrogens with one attached hydrogen (secondary N) is 2. The van der Waals surface area contributed by atoms with Gasteiger partial charge in [-0.25, -0.2) is 4.79 Å². The number of rotatable bonds is 4. The fourth-order valence-electron chi connectivity index (χ4n) is 4.41. The van der Waals surface area contributed by atoms with Crippen LogP contribution >= 0.6 is 0 Å². The molecule has 1 unspecified atom stereocenters. The number of hydrogen-bond acceptors (Lipinski definition) is 3. The highest BCUT2D eigenvalue weighted by atomic mass is 16.2. The van der Waals surface area contributed by atoms with Crippen LogP contribution in [0.2, 0.25) is 0 Å². The van der Waals surface area contributed by atoms with Gasteiger partial charge in [0.1, 0.15) is 0 Å². The van der Waals surface area contributed by atoms with Gasteiger partial charge in [-0.2, -0.15) is 0 Å². The van der Waals surface area contributed by atoms with Gasteiger partial charge in [-0.3, -0.25) is 14.6 Å².